The zero-order chi connectivity index (χ0) is 12.6. The summed E-state index contributed by atoms with van der Waals surface area (Å²) in [5.41, 5.74) is 2.27. The highest BCUT2D eigenvalue weighted by Gasteiger charge is 2.38. The molecule has 0 bridgehead atoms. The van der Waals surface area contributed by atoms with E-state index in [4.69, 9.17) is 0 Å². The lowest BCUT2D eigenvalue weighted by atomic mass is 9.99. The van der Waals surface area contributed by atoms with E-state index in [0.717, 1.165) is 23.3 Å². The van der Waals surface area contributed by atoms with E-state index in [1.54, 1.807) is 0 Å². The summed E-state index contributed by atoms with van der Waals surface area (Å²) in [7, 11) is 0. The zero-order valence-corrected chi connectivity index (χ0v) is 11.5. The lowest BCUT2D eigenvalue weighted by molar-refractivity contribution is 0.489. The van der Waals surface area contributed by atoms with E-state index in [9.17, 15) is 0 Å². The van der Waals surface area contributed by atoms with Crippen LogP contribution in [0.25, 0.3) is 0 Å². The fraction of sp³-hybridized carbons (Fsp3) is 0.714. The van der Waals surface area contributed by atoms with Gasteiger partial charge < -0.3 is 5.32 Å². The summed E-state index contributed by atoms with van der Waals surface area (Å²) in [4.78, 5) is 9.10. The smallest absolute Gasteiger partial charge is 0.223 e. The second-order valence-corrected chi connectivity index (χ2v) is 6.03. The molecule has 1 aromatic heterocycles. The van der Waals surface area contributed by atoms with Crippen LogP contribution in [0.1, 0.15) is 57.8 Å². The Balaban J connectivity index is 2.20. The summed E-state index contributed by atoms with van der Waals surface area (Å²) in [5, 5.41) is 3.49. The predicted octanol–water partition coefficient (Wildman–Crippen LogP) is 3.51. The fourth-order valence-corrected chi connectivity index (χ4v) is 2.14. The van der Waals surface area contributed by atoms with Crippen LogP contribution in [0.5, 0.6) is 0 Å². The molecule has 3 heteroatoms. The molecule has 1 N–H and O–H groups in total. The van der Waals surface area contributed by atoms with E-state index in [2.05, 4.69) is 49.0 Å². The highest BCUT2D eigenvalue weighted by molar-refractivity contribution is 5.33. The number of anilines is 1. The van der Waals surface area contributed by atoms with Crippen molar-refractivity contribution in [3.05, 3.63) is 17.5 Å². The second-order valence-electron chi connectivity index (χ2n) is 6.03. The number of nitrogens with one attached hydrogen (secondary N) is 1. The minimum atomic E-state index is 0.113. The maximum Gasteiger partial charge on any atom is 0.223 e. The average molecular weight is 233 g/mol. The first-order chi connectivity index (χ1) is 7.88. The summed E-state index contributed by atoms with van der Waals surface area (Å²) in [6, 6.07) is 2.07. The Labute approximate surface area is 104 Å². The molecule has 0 unspecified atom stereocenters. The molecular formula is C14H23N3. The van der Waals surface area contributed by atoms with Gasteiger partial charge >= 0.3 is 0 Å². The van der Waals surface area contributed by atoms with Crippen LogP contribution in [0.2, 0.25) is 0 Å². The summed E-state index contributed by atoms with van der Waals surface area (Å²) in [5.74, 6) is 2.00. The van der Waals surface area contributed by atoms with Gasteiger partial charge in [0.25, 0.3) is 0 Å². The first kappa shape index (κ1) is 12.3. The third-order valence-electron chi connectivity index (χ3n) is 3.50. The SMILES string of the molecule is Cc1cc(C(C)C)nc(NC(C)(C)C2CC2)n1. The van der Waals surface area contributed by atoms with Crippen molar-refractivity contribution in [3.63, 3.8) is 0 Å². The number of hydrogen-bond donors (Lipinski definition) is 1. The minimum absolute atomic E-state index is 0.113. The van der Waals surface area contributed by atoms with Crippen molar-refractivity contribution in [3.8, 4) is 0 Å². The highest BCUT2D eigenvalue weighted by atomic mass is 15.1. The number of hydrogen-bond acceptors (Lipinski definition) is 3. The molecule has 1 aliphatic carbocycles. The van der Waals surface area contributed by atoms with Crippen molar-refractivity contribution in [2.45, 2.75) is 58.9 Å². The first-order valence-corrected chi connectivity index (χ1v) is 6.52. The maximum absolute atomic E-state index is 4.61. The molecule has 1 aliphatic rings. The van der Waals surface area contributed by atoms with Crippen molar-refractivity contribution in [1.82, 2.24) is 9.97 Å². The van der Waals surface area contributed by atoms with E-state index in [-0.39, 0.29) is 5.54 Å². The predicted molar refractivity (Wildman–Crippen MR) is 71.3 cm³/mol. The monoisotopic (exact) mass is 233 g/mol. The Morgan fingerprint density at radius 1 is 1.29 bits per heavy atom. The van der Waals surface area contributed by atoms with Crippen molar-refractivity contribution >= 4 is 5.95 Å². The molecule has 0 radical (unpaired) electrons. The number of aromatic nitrogens is 2. The summed E-state index contributed by atoms with van der Waals surface area (Å²) < 4.78 is 0. The van der Waals surface area contributed by atoms with Gasteiger partial charge in [0, 0.05) is 16.9 Å². The van der Waals surface area contributed by atoms with Crippen LogP contribution in [0, 0.1) is 12.8 Å². The Morgan fingerprint density at radius 2 is 1.94 bits per heavy atom. The number of nitrogens with zero attached hydrogens (tertiary/aromatic N) is 2. The second kappa shape index (κ2) is 4.28. The normalized spacial score (nSPS) is 16.4. The van der Waals surface area contributed by atoms with Crippen LogP contribution < -0.4 is 5.32 Å². The third-order valence-corrected chi connectivity index (χ3v) is 3.50. The molecule has 2 rings (SSSR count). The minimum Gasteiger partial charge on any atom is -0.349 e. The summed E-state index contributed by atoms with van der Waals surface area (Å²) in [6.07, 6.45) is 2.64. The van der Waals surface area contributed by atoms with Gasteiger partial charge in [-0.2, -0.15) is 0 Å². The number of aryl methyl sites for hydroxylation is 1. The zero-order valence-electron chi connectivity index (χ0n) is 11.5. The van der Waals surface area contributed by atoms with Crippen LogP contribution in [0.4, 0.5) is 5.95 Å². The van der Waals surface area contributed by atoms with Crippen LogP contribution in [-0.2, 0) is 0 Å². The Hall–Kier alpha value is -1.12. The van der Waals surface area contributed by atoms with E-state index < -0.39 is 0 Å². The highest BCUT2D eigenvalue weighted by Crippen LogP contribution is 2.40. The molecule has 0 aromatic carbocycles. The molecule has 1 aromatic rings. The molecule has 94 valence electrons. The standard InChI is InChI=1S/C14H23N3/c1-9(2)12-8-10(3)15-13(16-12)17-14(4,5)11-6-7-11/h8-9,11H,6-7H2,1-5H3,(H,15,16,17). The van der Waals surface area contributed by atoms with Crippen molar-refractivity contribution in [2.24, 2.45) is 5.92 Å². The summed E-state index contributed by atoms with van der Waals surface area (Å²) >= 11 is 0. The van der Waals surface area contributed by atoms with Crippen molar-refractivity contribution in [2.75, 3.05) is 5.32 Å². The van der Waals surface area contributed by atoms with E-state index in [1.165, 1.54) is 12.8 Å². The number of rotatable bonds is 4. The lowest BCUT2D eigenvalue weighted by Crippen LogP contribution is -2.34. The van der Waals surface area contributed by atoms with Gasteiger partial charge in [-0.05, 0) is 51.5 Å². The molecule has 1 fully saturated rings. The Bertz CT molecular complexity index is 406. The van der Waals surface area contributed by atoms with Gasteiger partial charge in [0.2, 0.25) is 5.95 Å². The van der Waals surface area contributed by atoms with Gasteiger partial charge in [-0.1, -0.05) is 13.8 Å². The average Bonchev–Trinajstić information content (AvgIpc) is 2.98. The van der Waals surface area contributed by atoms with E-state index in [1.807, 2.05) is 6.92 Å². The van der Waals surface area contributed by atoms with Crippen molar-refractivity contribution < 1.29 is 0 Å². The van der Waals surface area contributed by atoms with E-state index >= 15 is 0 Å². The fourth-order valence-electron chi connectivity index (χ4n) is 2.14. The van der Waals surface area contributed by atoms with Crippen LogP contribution in [-0.4, -0.2) is 15.5 Å². The largest absolute Gasteiger partial charge is 0.349 e. The van der Waals surface area contributed by atoms with E-state index in [0.29, 0.717) is 5.92 Å². The molecule has 1 saturated carbocycles. The molecule has 0 spiro atoms. The molecule has 0 saturated heterocycles. The van der Waals surface area contributed by atoms with Crippen LogP contribution in [0.3, 0.4) is 0 Å². The molecule has 0 atom stereocenters. The molecule has 17 heavy (non-hydrogen) atoms. The Morgan fingerprint density at radius 3 is 2.47 bits per heavy atom. The molecule has 0 amide bonds. The van der Waals surface area contributed by atoms with Gasteiger partial charge in [-0.15, -0.1) is 0 Å². The molecule has 3 nitrogen and oxygen atoms in total. The van der Waals surface area contributed by atoms with Gasteiger partial charge in [0.1, 0.15) is 0 Å². The van der Waals surface area contributed by atoms with Gasteiger partial charge in [-0.3, -0.25) is 0 Å². The molecule has 0 aliphatic heterocycles. The van der Waals surface area contributed by atoms with Crippen molar-refractivity contribution in [1.29, 1.82) is 0 Å². The molecule has 1 heterocycles. The van der Waals surface area contributed by atoms with Crippen LogP contribution in [0.15, 0.2) is 6.07 Å². The maximum atomic E-state index is 4.61. The topological polar surface area (TPSA) is 37.8 Å². The van der Waals surface area contributed by atoms with Gasteiger partial charge in [0.15, 0.2) is 0 Å². The quantitative estimate of drug-likeness (QED) is 0.864. The summed E-state index contributed by atoms with van der Waals surface area (Å²) in [6.45, 7) is 10.8. The lowest BCUT2D eigenvalue weighted by Gasteiger charge is -2.26. The molecular weight excluding hydrogens is 210 g/mol. The van der Waals surface area contributed by atoms with Crippen LogP contribution >= 0.6 is 0 Å². The van der Waals surface area contributed by atoms with Gasteiger partial charge in [-0.25, -0.2) is 9.97 Å². The van der Waals surface area contributed by atoms with Gasteiger partial charge in [0.05, 0.1) is 0 Å². The first-order valence-electron chi connectivity index (χ1n) is 6.52. The third kappa shape index (κ3) is 2.96. The Kier molecular flexibility index (Phi) is 3.11.